The van der Waals surface area contributed by atoms with E-state index in [0.29, 0.717) is 6.04 Å². The first kappa shape index (κ1) is 14.5. The normalized spacial score (nSPS) is 17.8. The average Bonchev–Trinajstić information content (AvgIpc) is 2.62. The number of benzene rings is 1. The Bertz CT molecular complexity index is 342. The maximum atomic E-state index is 3.63. The summed E-state index contributed by atoms with van der Waals surface area (Å²) in [5.41, 5.74) is 3.11. The lowest BCUT2D eigenvalue weighted by molar-refractivity contribution is 0.246. The third kappa shape index (κ3) is 4.32. The zero-order valence-corrected chi connectivity index (χ0v) is 12.5. The van der Waals surface area contributed by atoms with E-state index in [1.54, 1.807) is 11.1 Å². The van der Waals surface area contributed by atoms with Gasteiger partial charge in [-0.2, -0.15) is 0 Å². The molecule has 0 saturated carbocycles. The molecule has 1 aliphatic heterocycles. The Morgan fingerprint density at radius 3 is 2.26 bits per heavy atom. The molecule has 1 unspecified atom stereocenters. The molecule has 0 aliphatic carbocycles. The number of hydrogen-bond donors (Lipinski definition) is 1. The van der Waals surface area contributed by atoms with Gasteiger partial charge in [-0.05, 0) is 36.9 Å². The van der Waals surface area contributed by atoms with Crippen LogP contribution < -0.4 is 5.32 Å². The molecule has 1 atom stereocenters. The maximum Gasteiger partial charge on any atom is 0.0194 e. The van der Waals surface area contributed by atoms with Crippen molar-refractivity contribution in [2.45, 2.75) is 45.6 Å². The minimum atomic E-state index is 0.663. The summed E-state index contributed by atoms with van der Waals surface area (Å²) in [5, 5.41) is 3.63. The molecule has 1 aromatic rings. The Morgan fingerprint density at radius 1 is 1.11 bits per heavy atom. The summed E-state index contributed by atoms with van der Waals surface area (Å²) in [7, 11) is 0. The van der Waals surface area contributed by atoms with E-state index in [2.05, 4.69) is 48.3 Å². The summed E-state index contributed by atoms with van der Waals surface area (Å²) in [6.45, 7) is 9.20. The van der Waals surface area contributed by atoms with Crippen molar-refractivity contribution in [3.63, 3.8) is 0 Å². The van der Waals surface area contributed by atoms with Crippen molar-refractivity contribution >= 4 is 0 Å². The van der Waals surface area contributed by atoms with Crippen LogP contribution in [0.3, 0.4) is 0 Å². The van der Waals surface area contributed by atoms with Crippen LogP contribution >= 0.6 is 0 Å². The highest BCUT2D eigenvalue weighted by Gasteiger charge is 2.16. The topological polar surface area (TPSA) is 15.3 Å². The molecule has 2 nitrogen and oxygen atoms in total. The Hall–Kier alpha value is -0.860. The summed E-state index contributed by atoms with van der Waals surface area (Å²) in [6, 6.07) is 9.61. The average molecular weight is 260 g/mol. The fourth-order valence-corrected chi connectivity index (χ4v) is 3.10. The van der Waals surface area contributed by atoms with Crippen molar-refractivity contribution in [2.75, 3.05) is 26.2 Å². The predicted molar refractivity (Wildman–Crippen MR) is 82.7 cm³/mol. The number of likely N-dealkylation sites (N-methyl/N-ethyl adjacent to an activating group) is 1. The molecular weight excluding hydrogens is 232 g/mol. The second kappa shape index (κ2) is 7.66. The Balaban J connectivity index is 1.90. The minimum absolute atomic E-state index is 0.663. The van der Waals surface area contributed by atoms with Gasteiger partial charge in [0.2, 0.25) is 0 Å². The van der Waals surface area contributed by atoms with Crippen molar-refractivity contribution in [1.82, 2.24) is 10.2 Å². The van der Waals surface area contributed by atoms with E-state index in [4.69, 9.17) is 0 Å². The minimum Gasteiger partial charge on any atom is -0.313 e. The van der Waals surface area contributed by atoms with Crippen LogP contribution in [0.5, 0.6) is 0 Å². The van der Waals surface area contributed by atoms with Crippen LogP contribution in [0, 0.1) is 0 Å². The quantitative estimate of drug-likeness (QED) is 0.846. The van der Waals surface area contributed by atoms with Crippen molar-refractivity contribution in [1.29, 1.82) is 0 Å². The highest BCUT2D eigenvalue weighted by molar-refractivity contribution is 5.28. The van der Waals surface area contributed by atoms with E-state index in [0.717, 1.165) is 6.54 Å². The molecule has 1 aliphatic rings. The third-order valence-electron chi connectivity index (χ3n) is 4.12. The molecule has 2 rings (SSSR count). The van der Waals surface area contributed by atoms with Gasteiger partial charge in [0.1, 0.15) is 0 Å². The molecule has 106 valence electrons. The summed E-state index contributed by atoms with van der Waals surface area (Å²) >= 11 is 0. The van der Waals surface area contributed by atoms with Crippen LogP contribution in [-0.2, 0) is 12.8 Å². The molecule has 1 aromatic carbocycles. The SMILES string of the molecule is CCCC(CN1CCc2ccccc2CC1)NCC. The van der Waals surface area contributed by atoms with Crippen molar-refractivity contribution in [3.8, 4) is 0 Å². The molecule has 1 N–H and O–H groups in total. The smallest absolute Gasteiger partial charge is 0.0194 e. The highest BCUT2D eigenvalue weighted by atomic mass is 15.1. The summed E-state index contributed by atoms with van der Waals surface area (Å²) < 4.78 is 0. The first-order valence-electron chi connectivity index (χ1n) is 7.86. The van der Waals surface area contributed by atoms with Gasteiger partial charge in [0.15, 0.2) is 0 Å². The van der Waals surface area contributed by atoms with Crippen molar-refractivity contribution in [2.24, 2.45) is 0 Å². The van der Waals surface area contributed by atoms with Crippen molar-refractivity contribution < 1.29 is 0 Å². The van der Waals surface area contributed by atoms with Crippen LogP contribution in [0.15, 0.2) is 24.3 Å². The predicted octanol–water partition coefficient (Wildman–Crippen LogP) is 2.87. The first-order valence-corrected chi connectivity index (χ1v) is 7.86. The second-order valence-electron chi connectivity index (χ2n) is 5.61. The van der Waals surface area contributed by atoms with Crippen LogP contribution in [0.1, 0.15) is 37.8 Å². The molecule has 0 amide bonds. The van der Waals surface area contributed by atoms with Gasteiger partial charge in [0.05, 0.1) is 0 Å². The largest absolute Gasteiger partial charge is 0.313 e. The molecule has 0 radical (unpaired) electrons. The summed E-state index contributed by atoms with van der Waals surface area (Å²) in [5.74, 6) is 0. The molecule has 0 saturated heterocycles. The van der Waals surface area contributed by atoms with E-state index in [-0.39, 0.29) is 0 Å². The van der Waals surface area contributed by atoms with Gasteiger partial charge in [0.25, 0.3) is 0 Å². The molecule has 1 heterocycles. The van der Waals surface area contributed by atoms with Gasteiger partial charge in [0, 0.05) is 25.7 Å². The standard InChI is InChI=1S/C17H28N2/c1-3-7-17(18-4-2)14-19-12-10-15-8-5-6-9-16(15)11-13-19/h5-6,8-9,17-18H,3-4,7,10-14H2,1-2H3. The Labute approximate surface area is 118 Å². The van der Waals surface area contributed by atoms with Crippen LogP contribution in [0.4, 0.5) is 0 Å². The lowest BCUT2D eigenvalue weighted by Crippen LogP contribution is -2.42. The van der Waals surface area contributed by atoms with Gasteiger partial charge >= 0.3 is 0 Å². The second-order valence-corrected chi connectivity index (χ2v) is 5.61. The molecule has 0 spiro atoms. The zero-order valence-electron chi connectivity index (χ0n) is 12.5. The third-order valence-corrected chi connectivity index (χ3v) is 4.12. The van der Waals surface area contributed by atoms with Gasteiger partial charge in [-0.25, -0.2) is 0 Å². The van der Waals surface area contributed by atoms with E-state index >= 15 is 0 Å². The molecular formula is C17H28N2. The van der Waals surface area contributed by atoms with Gasteiger partial charge in [-0.3, -0.25) is 0 Å². The zero-order chi connectivity index (χ0) is 13.5. The maximum absolute atomic E-state index is 3.63. The van der Waals surface area contributed by atoms with Crippen molar-refractivity contribution in [3.05, 3.63) is 35.4 Å². The summed E-state index contributed by atoms with van der Waals surface area (Å²) in [4.78, 5) is 2.64. The molecule has 19 heavy (non-hydrogen) atoms. The molecule has 0 aromatic heterocycles. The van der Waals surface area contributed by atoms with Crippen LogP contribution in [0.2, 0.25) is 0 Å². The lowest BCUT2D eigenvalue weighted by atomic mass is 10.0. The van der Waals surface area contributed by atoms with E-state index < -0.39 is 0 Å². The fourth-order valence-electron chi connectivity index (χ4n) is 3.10. The number of nitrogens with zero attached hydrogens (tertiary/aromatic N) is 1. The van der Waals surface area contributed by atoms with Gasteiger partial charge in [-0.15, -0.1) is 0 Å². The van der Waals surface area contributed by atoms with Crippen LogP contribution in [0.25, 0.3) is 0 Å². The molecule has 0 fully saturated rings. The molecule has 2 heteroatoms. The van der Waals surface area contributed by atoms with Crippen LogP contribution in [-0.4, -0.2) is 37.1 Å². The Morgan fingerprint density at radius 2 is 1.74 bits per heavy atom. The molecule has 0 bridgehead atoms. The van der Waals surface area contributed by atoms with Gasteiger partial charge in [-0.1, -0.05) is 44.5 Å². The van der Waals surface area contributed by atoms with Gasteiger partial charge < -0.3 is 10.2 Å². The number of nitrogens with one attached hydrogen (secondary N) is 1. The number of rotatable bonds is 6. The van der Waals surface area contributed by atoms with E-state index in [1.165, 1.54) is 45.3 Å². The van der Waals surface area contributed by atoms with E-state index in [9.17, 15) is 0 Å². The van der Waals surface area contributed by atoms with E-state index in [1.807, 2.05) is 0 Å². The highest BCUT2D eigenvalue weighted by Crippen LogP contribution is 2.16. The monoisotopic (exact) mass is 260 g/mol. The fraction of sp³-hybridized carbons (Fsp3) is 0.647. The number of fused-ring (bicyclic) bond motifs is 1. The Kier molecular flexibility index (Phi) is 5.87. The summed E-state index contributed by atoms with van der Waals surface area (Å²) in [6.07, 6.45) is 4.98. The first-order chi connectivity index (χ1) is 9.33. The lowest BCUT2D eigenvalue weighted by Gasteiger charge is -2.26. The number of hydrogen-bond acceptors (Lipinski definition) is 2.